The Balaban J connectivity index is 1.98. The van der Waals surface area contributed by atoms with E-state index in [0.29, 0.717) is 0 Å². The zero-order valence-corrected chi connectivity index (χ0v) is 12.0. The summed E-state index contributed by atoms with van der Waals surface area (Å²) < 4.78 is 25.7. The Morgan fingerprint density at radius 2 is 2.00 bits per heavy atom. The van der Waals surface area contributed by atoms with Crippen molar-refractivity contribution in [2.24, 2.45) is 0 Å². The molecule has 0 amide bonds. The van der Waals surface area contributed by atoms with Crippen LogP contribution < -0.4 is 5.32 Å². The highest BCUT2D eigenvalue weighted by molar-refractivity contribution is 5.75. The average Bonchev–Trinajstić information content (AvgIpc) is 2.94. The van der Waals surface area contributed by atoms with Crippen LogP contribution in [0.3, 0.4) is 0 Å². The molecule has 21 heavy (non-hydrogen) atoms. The fraction of sp³-hybridized carbons (Fsp3) is 0.400. The minimum atomic E-state index is -0.341. The predicted octanol–water partition coefficient (Wildman–Crippen LogP) is 2.66. The summed E-state index contributed by atoms with van der Waals surface area (Å²) in [6.45, 7) is 0.813. The number of benzene rings is 1. The van der Waals surface area contributed by atoms with E-state index in [1.54, 1.807) is 32.5 Å². The Hall–Kier alpha value is -1.92. The van der Waals surface area contributed by atoms with Gasteiger partial charge in [-0.25, -0.2) is 9.07 Å². The first-order chi connectivity index (χ1) is 10.2. The number of hydrogen-bond donors (Lipinski definition) is 1. The first-order valence-corrected chi connectivity index (χ1v) is 6.87. The van der Waals surface area contributed by atoms with Gasteiger partial charge in [-0.1, -0.05) is 12.1 Å². The van der Waals surface area contributed by atoms with Crippen molar-refractivity contribution in [3.8, 4) is 11.1 Å². The molecule has 3 rings (SSSR count). The van der Waals surface area contributed by atoms with Gasteiger partial charge in [0.25, 0.3) is 0 Å². The lowest BCUT2D eigenvalue weighted by Gasteiger charge is -2.30. The number of ether oxygens (including phenoxy) is 2. The fourth-order valence-electron chi connectivity index (χ4n) is 2.75. The maximum absolute atomic E-state index is 13.1. The van der Waals surface area contributed by atoms with Crippen molar-refractivity contribution in [1.82, 2.24) is 9.78 Å². The van der Waals surface area contributed by atoms with Gasteiger partial charge in [0.2, 0.25) is 0 Å². The Kier molecular flexibility index (Phi) is 3.90. The minimum Gasteiger partial charge on any atom is -0.370 e. The van der Waals surface area contributed by atoms with Crippen molar-refractivity contribution < 1.29 is 13.9 Å². The van der Waals surface area contributed by atoms with Gasteiger partial charge in [0.05, 0.1) is 6.20 Å². The molecule has 1 atom stereocenters. The second kappa shape index (κ2) is 5.83. The number of anilines is 1. The van der Waals surface area contributed by atoms with Crippen LogP contribution in [0.15, 0.2) is 30.5 Å². The van der Waals surface area contributed by atoms with Gasteiger partial charge in [-0.05, 0) is 24.1 Å². The third-order valence-electron chi connectivity index (χ3n) is 3.78. The average molecular weight is 291 g/mol. The normalized spacial score (nSPS) is 17.6. The van der Waals surface area contributed by atoms with E-state index in [0.717, 1.165) is 29.9 Å². The van der Waals surface area contributed by atoms with E-state index < -0.39 is 0 Å². The molecular formula is C15H18FN3O2. The lowest BCUT2D eigenvalue weighted by atomic mass is 10.1. The van der Waals surface area contributed by atoms with Gasteiger partial charge in [-0.15, -0.1) is 0 Å². The SMILES string of the molecule is COC(OC)C1CCNc2c(-c3ccc(F)cc3)cnn21. The molecule has 2 heterocycles. The van der Waals surface area contributed by atoms with Gasteiger partial charge in [-0.3, -0.25) is 0 Å². The highest BCUT2D eigenvalue weighted by atomic mass is 19.1. The van der Waals surface area contributed by atoms with Crippen LogP contribution in [0.5, 0.6) is 0 Å². The third-order valence-corrected chi connectivity index (χ3v) is 3.78. The first kappa shape index (κ1) is 14.0. The van der Waals surface area contributed by atoms with E-state index in [9.17, 15) is 4.39 Å². The third kappa shape index (κ3) is 2.52. The van der Waals surface area contributed by atoms with Crippen LogP contribution in [-0.4, -0.2) is 36.8 Å². The Morgan fingerprint density at radius 1 is 1.29 bits per heavy atom. The van der Waals surface area contributed by atoms with Crippen LogP contribution >= 0.6 is 0 Å². The Bertz CT molecular complexity index is 608. The molecule has 2 aromatic rings. The van der Waals surface area contributed by atoms with Gasteiger partial charge >= 0.3 is 0 Å². The molecule has 1 aliphatic heterocycles. The van der Waals surface area contributed by atoms with Crippen molar-refractivity contribution >= 4 is 5.82 Å². The molecule has 0 fully saturated rings. The molecule has 0 spiro atoms. The molecule has 1 aliphatic rings. The largest absolute Gasteiger partial charge is 0.370 e. The summed E-state index contributed by atoms with van der Waals surface area (Å²) in [6, 6.07) is 6.43. The second-order valence-electron chi connectivity index (χ2n) is 4.98. The minimum absolute atomic E-state index is 0.0189. The molecule has 6 heteroatoms. The van der Waals surface area contributed by atoms with E-state index >= 15 is 0 Å². The number of fused-ring (bicyclic) bond motifs is 1. The number of aromatic nitrogens is 2. The van der Waals surface area contributed by atoms with Crippen molar-refractivity contribution in [3.05, 3.63) is 36.3 Å². The van der Waals surface area contributed by atoms with Gasteiger partial charge in [-0.2, -0.15) is 5.10 Å². The van der Waals surface area contributed by atoms with Crippen LogP contribution in [-0.2, 0) is 9.47 Å². The molecule has 0 radical (unpaired) electrons. The van der Waals surface area contributed by atoms with Crippen molar-refractivity contribution in [2.45, 2.75) is 18.8 Å². The molecule has 1 N–H and O–H groups in total. The predicted molar refractivity (Wildman–Crippen MR) is 77.6 cm³/mol. The van der Waals surface area contributed by atoms with Crippen LogP contribution in [0.4, 0.5) is 10.2 Å². The van der Waals surface area contributed by atoms with E-state index in [2.05, 4.69) is 10.4 Å². The topological polar surface area (TPSA) is 48.3 Å². The molecule has 0 saturated carbocycles. The van der Waals surface area contributed by atoms with E-state index in [1.165, 1.54) is 12.1 Å². The smallest absolute Gasteiger partial charge is 0.179 e. The van der Waals surface area contributed by atoms with Crippen molar-refractivity contribution in [2.75, 3.05) is 26.1 Å². The summed E-state index contributed by atoms with van der Waals surface area (Å²) in [4.78, 5) is 0. The number of hydrogen-bond acceptors (Lipinski definition) is 4. The van der Waals surface area contributed by atoms with Gasteiger partial charge < -0.3 is 14.8 Å². The molecule has 0 saturated heterocycles. The molecule has 1 aromatic carbocycles. The number of halogens is 1. The van der Waals surface area contributed by atoms with E-state index in [4.69, 9.17) is 9.47 Å². The molecule has 112 valence electrons. The van der Waals surface area contributed by atoms with E-state index in [-0.39, 0.29) is 18.1 Å². The van der Waals surface area contributed by atoms with Crippen molar-refractivity contribution in [3.63, 3.8) is 0 Å². The van der Waals surface area contributed by atoms with Gasteiger partial charge in [0.1, 0.15) is 17.7 Å². The summed E-state index contributed by atoms with van der Waals surface area (Å²) in [5.74, 6) is 0.668. The summed E-state index contributed by atoms with van der Waals surface area (Å²) in [6.07, 6.45) is 2.31. The van der Waals surface area contributed by atoms with Crippen LogP contribution in [0.25, 0.3) is 11.1 Å². The lowest BCUT2D eigenvalue weighted by molar-refractivity contribution is -0.135. The quantitative estimate of drug-likeness (QED) is 0.880. The molecule has 1 unspecified atom stereocenters. The van der Waals surface area contributed by atoms with E-state index in [1.807, 2.05) is 4.68 Å². The number of methoxy groups -OCH3 is 2. The first-order valence-electron chi connectivity index (χ1n) is 6.87. The second-order valence-corrected chi connectivity index (χ2v) is 4.98. The summed E-state index contributed by atoms with van der Waals surface area (Å²) in [7, 11) is 3.25. The maximum Gasteiger partial charge on any atom is 0.179 e. The zero-order valence-electron chi connectivity index (χ0n) is 12.0. The lowest BCUT2D eigenvalue weighted by Crippen LogP contribution is -2.34. The standard InChI is InChI=1S/C15H18FN3O2/c1-20-15(21-2)13-7-8-17-14-12(9-18-19(13)14)10-3-5-11(16)6-4-10/h3-6,9,13,15,17H,7-8H2,1-2H3. The number of rotatable bonds is 4. The Labute approximate surface area is 122 Å². The maximum atomic E-state index is 13.1. The number of nitrogens with one attached hydrogen (secondary N) is 1. The molecule has 5 nitrogen and oxygen atoms in total. The highest BCUT2D eigenvalue weighted by Gasteiger charge is 2.30. The highest BCUT2D eigenvalue weighted by Crippen LogP contribution is 2.35. The monoisotopic (exact) mass is 291 g/mol. The fourth-order valence-corrected chi connectivity index (χ4v) is 2.75. The summed E-state index contributed by atoms with van der Waals surface area (Å²) in [5.41, 5.74) is 1.88. The van der Waals surface area contributed by atoms with Crippen LogP contribution in [0, 0.1) is 5.82 Å². The number of nitrogens with zero attached hydrogens (tertiary/aromatic N) is 2. The van der Waals surface area contributed by atoms with Gasteiger partial charge in [0.15, 0.2) is 6.29 Å². The summed E-state index contributed by atoms with van der Waals surface area (Å²) >= 11 is 0. The molecule has 0 aliphatic carbocycles. The summed E-state index contributed by atoms with van der Waals surface area (Å²) in [5, 5.41) is 7.81. The molecule has 0 bridgehead atoms. The van der Waals surface area contributed by atoms with Crippen molar-refractivity contribution in [1.29, 1.82) is 0 Å². The van der Waals surface area contributed by atoms with Gasteiger partial charge in [0, 0.05) is 26.3 Å². The van der Waals surface area contributed by atoms with Crippen LogP contribution in [0.1, 0.15) is 12.5 Å². The zero-order chi connectivity index (χ0) is 14.8. The van der Waals surface area contributed by atoms with Crippen LogP contribution in [0.2, 0.25) is 0 Å². The molecule has 1 aromatic heterocycles. The Morgan fingerprint density at radius 3 is 2.67 bits per heavy atom. The molecular weight excluding hydrogens is 273 g/mol.